The Bertz CT molecular complexity index is 1280. The Hall–Kier alpha value is -2.54. The average Bonchev–Trinajstić information content (AvgIpc) is 3.52. The van der Waals surface area contributed by atoms with Crippen molar-refractivity contribution in [3.05, 3.63) is 53.1 Å². The number of carbonyl (C=O) groups is 1. The number of rotatable bonds is 10. The van der Waals surface area contributed by atoms with E-state index in [2.05, 4.69) is 10.1 Å². The van der Waals surface area contributed by atoms with Crippen molar-refractivity contribution in [3.63, 3.8) is 0 Å². The number of aliphatic hydroxyl groups excluding tert-OH is 1. The molecule has 1 aliphatic carbocycles. The van der Waals surface area contributed by atoms with E-state index in [1.165, 1.54) is 31.3 Å². The SMILES string of the molecule is CC(C)OC(=O)[C@@H](C)N[P@@](=O)(OCC1OC2(CC2n2ccc(N)nc2=O)[C@](F)(Cl)[C@@H]1O)Oc1ccccc1. The Morgan fingerprint density at radius 2 is 2.05 bits per heavy atom. The van der Waals surface area contributed by atoms with Gasteiger partial charge in [-0.25, -0.2) is 13.8 Å². The number of para-hydroxylation sites is 1. The van der Waals surface area contributed by atoms with Crippen molar-refractivity contribution < 1.29 is 37.4 Å². The van der Waals surface area contributed by atoms with Crippen LogP contribution < -0.4 is 21.0 Å². The van der Waals surface area contributed by atoms with Gasteiger partial charge in [-0.2, -0.15) is 10.1 Å². The summed E-state index contributed by atoms with van der Waals surface area (Å²) in [5.74, 6) is -0.555. The number of hydrogen-bond acceptors (Lipinski definition) is 10. The van der Waals surface area contributed by atoms with Crippen molar-refractivity contribution in [2.45, 2.75) is 68.3 Å². The zero-order chi connectivity index (χ0) is 27.9. The van der Waals surface area contributed by atoms with Gasteiger partial charge in [0.25, 0.3) is 0 Å². The maximum absolute atomic E-state index is 15.6. The van der Waals surface area contributed by atoms with Gasteiger partial charge in [0.1, 0.15) is 35.4 Å². The van der Waals surface area contributed by atoms with E-state index in [1.54, 1.807) is 32.0 Å². The number of nitrogens with two attached hydrogens (primary N) is 1. The second-order valence-electron chi connectivity index (χ2n) is 9.41. The predicted molar refractivity (Wildman–Crippen MR) is 134 cm³/mol. The summed E-state index contributed by atoms with van der Waals surface area (Å²) in [6.45, 7) is 4.09. The summed E-state index contributed by atoms with van der Waals surface area (Å²) in [4.78, 5) is 28.2. The van der Waals surface area contributed by atoms with Crippen LogP contribution in [0.3, 0.4) is 0 Å². The molecule has 2 fully saturated rings. The number of nitrogen functional groups attached to an aromatic ring is 1. The molecule has 4 N–H and O–H groups in total. The third-order valence-electron chi connectivity index (χ3n) is 6.15. The minimum absolute atomic E-state index is 0.00911. The van der Waals surface area contributed by atoms with Crippen molar-refractivity contribution >= 4 is 31.1 Å². The van der Waals surface area contributed by atoms with Crippen LogP contribution in [0.1, 0.15) is 33.2 Å². The number of aliphatic hydroxyl groups is 1. The van der Waals surface area contributed by atoms with E-state index >= 15 is 4.39 Å². The van der Waals surface area contributed by atoms with Gasteiger partial charge in [-0.3, -0.25) is 13.9 Å². The minimum atomic E-state index is -4.31. The molecule has 0 bridgehead atoms. The van der Waals surface area contributed by atoms with Crippen molar-refractivity contribution in [1.29, 1.82) is 0 Å². The van der Waals surface area contributed by atoms with Gasteiger partial charge in [0.05, 0.1) is 18.8 Å². The third-order valence-corrected chi connectivity index (χ3v) is 8.33. The number of ether oxygens (including phenoxy) is 2. The first-order valence-electron chi connectivity index (χ1n) is 11.8. The Kier molecular flexibility index (Phi) is 7.91. The topological polar surface area (TPSA) is 164 Å². The molecule has 2 aliphatic rings. The Labute approximate surface area is 222 Å². The number of esters is 1. The Morgan fingerprint density at radius 3 is 2.68 bits per heavy atom. The molecule has 38 heavy (non-hydrogen) atoms. The highest BCUT2D eigenvalue weighted by Crippen LogP contribution is 2.65. The van der Waals surface area contributed by atoms with Crippen LogP contribution in [-0.2, 0) is 23.4 Å². The lowest BCUT2D eigenvalue weighted by atomic mass is 10.1. The molecule has 1 aromatic heterocycles. The van der Waals surface area contributed by atoms with Gasteiger partial charge in [0.2, 0.25) is 5.13 Å². The molecule has 1 saturated heterocycles. The van der Waals surface area contributed by atoms with Gasteiger partial charge in [-0.15, -0.1) is 0 Å². The lowest BCUT2D eigenvalue weighted by molar-refractivity contribution is -0.149. The monoisotopic (exact) mass is 574 g/mol. The Balaban J connectivity index is 1.51. The van der Waals surface area contributed by atoms with Gasteiger partial charge < -0.3 is 24.8 Å². The highest BCUT2D eigenvalue weighted by atomic mass is 35.5. The summed E-state index contributed by atoms with van der Waals surface area (Å²) in [6.07, 6.45) is -2.44. The smallest absolute Gasteiger partial charge is 0.459 e. The predicted octanol–water partition coefficient (Wildman–Crippen LogP) is 2.31. The molecule has 1 aromatic carbocycles. The summed E-state index contributed by atoms with van der Waals surface area (Å²) in [5, 5.41) is 10.4. The fourth-order valence-corrected chi connectivity index (χ4v) is 6.12. The Morgan fingerprint density at radius 1 is 1.37 bits per heavy atom. The number of benzene rings is 1. The zero-order valence-corrected chi connectivity index (χ0v) is 22.5. The second kappa shape index (κ2) is 10.6. The molecule has 12 nitrogen and oxygen atoms in total. The van der Waals surface area contributed by atoms with E-state index in [0.717, 1.165) is 4.57 Å². The fraction of sp³-hybridized carbons (Fsp3) is 0.522. The summed E-state index contributed by atoms with van der Waals surface area (Å²) < 4.78 is 52.4. The number of halogens is 2. The number of aromatic nitrogens is 2. The maximum atomic E-state index is 15.6. The second-order valence-corrected chi connectivity index (χ2v) is 11.7. The lowest BCUT2D eigenvalue weighted by Crippen LogP contribution is -2.43. The number of alkyl halides is 2. The van der Waals surface area contributed by atoms with Gasteiger partial charge in [-0.05, 0) is 39.0 Å². The van der Waals surface area contributed by atoms with E-state index in [4.69, 9.17) is 35.9 Å². The molecule has 1 aliphatic heterocycles. The highest BCUT2D eigenvalue weighted by Gasteiger charge is 2.78. The average molecular weight is 575 g/mol. The number of hydrogen-bond donors (Lipinski definition) is 3. The minimum Gasteiger partial charge on any atom is -0.462 e. The molecular weight excluding hydrogens is 546 g/mol. The van der Waals surface area contributed by atoms with Crippen molar-refractivity contribution in [3.8, 4) is 5.75 Å². The van der Waals surface area contributed by atoms with Gasteiger partial charge in [0.15, 0.2) is 0 Å². The first kappa shape index (κ1) is 28.5. The molecule has 4 rings (SSSR count). The first-order chi connectivity index (χ1) is 17.8. The van der Waals surface area contributed by atoms with E-state index < -0.39 is 67.1 Å². The van der Waals surface area contributed by atoms with Crippen LogP contribution in [0.5, 0.6) is 5.75 Å². The molecule has 2 aromatic rings. The largest absolute Gasteiger partial charge is 0.462 e. The normalized spacial score (nSPS) is 30.7. The molecule has 15 heteroatoms. The first-order valence-corrected chi connectivity index (χ1v) is 13.8. The standard InChI is InChI=1S/C23H29ClFN4O8P/c1-13(2)35-20(31)14(3)28-38(33,37-15-7-5-4-6-8-15)34-12-16-19(30)23(24,25)22(36-16)11-17(22)29-10-9-18(26)27-21(29)32/h4-10,13-14,16-17,19,30H,11-12H2,1-3H3,(H,28,33)(H2,26,27,32)/t14-,16?,17?,19-,22?,23+,38-/m1/s1. The quantitative estimate of drug-likeness (QED) is 0.217. The third kappa shape index (κ3) is 5.58. The lowest BCUT2D eigenvalue weighted by Gasteiger charge is -2.25. The van der Waals surface area contributed by atoms with E-state index in [9.17, 15) is 19.3 Å². The molecule has 3 unspecified atom stereocenters. The molecule has 1 spiro atoms. The molecule has 7 atom stereocenters. The van der Waals surface area contributed by atoms with E-state index in [1.807, 2.05) is 0 Å². The molecule has 0 radical (unpaired) electrons. The van der Waals surface area contributed by atoms with Crippen molar-refractivity contribution in [2.24, 2.45) is 0 Å². The zero-order valence-electron chi connectivity index (χ0n) is 20.8. The number of nitrogens with one attached hydrogen (secondary N) is 1. The molecular formula is C23H29ClFN4O8P. The maximum Gasteiger partial charge on any atom is 0.459 e. The van der Waals surface area contributed by atoms with Gasteiger partial charge in [-0.1, -0.05) is 29.8 Å². The van der Waals surface area contributed by atoms with Crippen LogP contribution in [0, 0.1) is 0 Å². The van der Waals surface area contributed by atoms with Crippen LogP contribution in [0.4, 0.5) is 10.2 Å². The molecule has 208 valence electrons. The summed E-state index contributed by atoms with van der Waals surface area (Å²) in [6, 6.07) is 7.40. The summed E-state index contributed by atoms with van der Waals surface area (Å²) in [7, 11) is -4.31. The number of carbonyl (C=O) groups excluding carboxylic acids is 1. The van der Waals surface area contributed by atoms with Crippen LogP contribution in [-0.4, -0.2) is 62.3 Å². The van der Waals surface area contributed by atoms with Crippen LogP contribution in [0.2, 0.25) is 0 Å². The molecule has 0 amide bonds. The van der Waals surface area contributed by atoms with Crippen LogP contribution in [0.15, 0.2) is 47.4 Å². The summed E-state index contributed by atoms with van der Waals surface area (Å²) >= 11 is 6.11. The van der Waals surface area contributed by atoms with Crippen molar-refractivity contribution in [2.75, 3.05) is 12.3 Å². The molecule has 1 saturated carbocycles. The number of nitrogens with zero attached hydrogens (tertiary/aromatic N) is 2. The van der Waals surface area contributed by atoms with Crippen LogP contribution in [0.25, 0.3) is 0 Å². The van der Waals surface area contributed by atoms with Gasteiger partial charge in [0, 0.05) is 12.6 Å². The van der Waals surface area contributed by atoms with E-state index in [0.29, 0.717) is 0 Å². The molecule has 2 heterocycles. The fourth-order valence-electron chi connectivity index (χ4n) is 4.23. The van der Waals surface area contributed by atoms with E-state index in [-0.39, 0.29) is 18.0 Å². The van der Waals surface area contributed by atoms with Crippen molar-refractivity contribution in [1.82, 2.24) is 14.6 Å². The number of anilines is 1. The van der Waals surface area contributed by atoms with Gasteiger partial charge >= 0.3 is 19.4 Å². The summed E-state index contributed by atoms with van der Waals surface area (Å²) in [5.41, 5.74) is 3.02. The highest BCUT2D eigenvalue weighted by molar-refractivity contribution is 7.52. The van der Waals surface area contributed by atoms with Crippen LogP contribution >= 0.6 is 19.3 Å².